The molecule has 0 aliphatic rings. The molecule has 0 saturated carbocycles. The Kier molecular flexibility index (Phi) is 11.0. The van der Waals surface area contributed by atoms with E-state index >= 15 is 0 Å². The molecule has 0 fully saturated rings. The van der Waals surface area contributed by atoms with Crippen LogP contribution in [-0.4, -0.2) is 44.3 Å². The van der Waals surface area contributed by atoms with Gasteiger partial charge in [0.1, 0.15) is 0 Å². The van der Waals surface area contributed by atoms with Gasteiger partial charge in [0.25, 0.3) is 0 Å². The van der Waals surface area contributed by atoms with E-state index in [1.54, 1.807) is 25.5 Å². The van der Waals surface area contributed by atoms with Gasteiger partial charge < -0.3 is 15.4 Å². The van der Waals surface area contributed by atoms with E-state index in [4.69, 9.17) is 4.74 Å². The fraction of sp³-hybridized carbons (Fsp3) is 0.692. The monoisotopic (exact) mass is 412 g/mol. The van der Waals surface area contributed by atoms with Crippen LogP contribution in [0.15, 0.2) is 10.4 Å². The topological polar surface area (TPSA) is 58.5 Å². The number of rotatable bonds is 7. The van der Waals surface area contributed by atoms with Crippen molar-refractivity contribution in [2.45, 2.75) is 32.7 Å². The van der Waals surface area contributed by atoms with Gasteiger partial charge in [-0.15, -0.1) is 35.3 Å². The highest BCUT2D eigenvalue weighted by atomic mass is 127. The molecular weight excluding hydrogens is 387 g/mol. The van der Waals surface area contributed by atoms with E-state index in [1.807, 2.05) is 6.92 Å². The van der Waals surface area contributed by atoms with Crippen molar-refractivity contribution in [1.29, 1.82) is 0 Å². The molecule has 116 valence electrons. The van der Waals surface area contributed by atoms with E-state index in [2.05, 4.69) is 32.9 Å². The lowest BCUT2D eigenvalue weighted by molar-refractivity contribution is 0.179. The van der Waals surface area contributed by atoms with Crippen molar-refractivity contribution < 1.29 is 4.74 Å². The third kappa shape index (κ3) is 8.01. The van der Waals surface area contributed by atoms with Crippen LogP contribution in [0.2, 0.25) is 0 Å². The van der Waals surface area contributed by atoms with Crippen molar-refractivity contribution in [3.8, 4) is 0 Å². The Morgan fingerprint density at radius 2 is 2.30 bits per heavy atom. The van der Waals surface area contributed by atoms with Crippen LogP contribution >= 0.6 is 35.3 Å². The van der Waals surface area contributed by atoms with Crippen molar-refractivity contribution >= 4 is 41.3 Å². The minimum absolute atomic E-state index is 0. The average Bonchev–Trinajstić information content (AvgIpc) is 2.79. The predicted octanol–water partition coefficient (Wildman–Crippen LogP) is 2.20. The smallest absolute Gasteiger partial charge is 0.191 e. The summed E-state index contributed by atoms with van der Waals surface area (Å²) >= 11 is 1.73. The second kappa shape index (κ2) is 11.3. The largest absolute Gasteiger partial charge is 0.383 e. The number of aliphatic imine (C=N–C) groups is 1. The normalized spacial score (nSPS) is 12.7. The van der Waals surface area contributed by atoms with Crippen LogP contribution in [-0.2, 0) is 11.2 Å². The highest BCUT2D eigenvalue weighted by molar-refractivity contribution is 14.0. The molecule has 0 bridgehead atoms. The summed E-state index contributed by atoms with van der Waals surface area (Å²) in [6.45, 7) is 5.65. The first-order valence-electron chi connectivity index (χ1n) is 6.52. The number of nitrogens with zero attached hydrogens (tertiary/aromatic N) is 2. The third-order valence-electron chi connectivity index (χ3n) is 2.55. The Morgan fingerprint density at radius 1 is 1.55 bits per heavy atom. The molecule has 2 N–H and O–H groups in total. The maximum atomic E-state index is 5.08. The second-order valence-electron chi connectivity index (χ2n) is 4.49. The Labute approximate surface area is 142 Å². The van der Waals surface area contributed by atoms with Crippen molar-refractivity contribution in [2.24, 2.45) is 4.99 Å². The summed E-state index contributed by atoms with van der Waals surface area (Å²) < 4.78 is 5.08. The standard InChI is InChI=1S/C13H24N4OS.HI/c1-10(8-18-4)17-13(14-3)15-7-5-6-12-16-11(2)9-19-12;/h9-10H,5-8H2,1-4H3,(H2,14,15,17);1H. The van der Waals surface area contributed by atoms with Crippen LogP contribution in [0.25, 0.3) is 0 Å². The molecule has 0 spiro atoms. The maximum absolute atomic E-state index is 5.08. The van der Waals surface area contributed by atoms with Crippen LogP contribution in [0.4, 0.5) is 0 Å². The molecule has 0 aliphatic heterocycles. The van der Waals surface area contributed by atoms with E-state index in [1.165, 1.54) is 5.01 Å². The number of halogens is 1. The number of thiazole rings is 1. The molecule has 5 nitrogen and oxygen atoms in total. The molecule has 1 aromatic rings. The van der Waals surface area contributed by atoms with Crippen LogP contribution < -0.4 is 10.6 Å². The van der Waals surface area contributed by atoms with Crippen molar-refractivity contribution in [3.63, 3.8) is 0 Å². The molecule has 1 aromatic heterocycles. The predicted molar refractivity (Wildman–Crippen MR) is 96.4 cm³/mol. The van der Waals surface area contributed by atoms with Gasteiger partial charge in [0, 0.05) is 44.2 Å². The molecule has 1 heterocycles. The Balaban J connectivity index is 0.00000361. The molecule has 20 heavy (non-hydrogen) atoms. The highest BCUT2D eigenvalue weighted by Gasteiger charge is 2.04. The van der Waals surface area contributed by atoms with Gasteiger partial charge in [0.2, 0.25) is 0 Å². The lowest BCUT2D eigenvalue weighted by Gasteiger charge is -2.16. The van der Waals surface area contributed by atoms with E-state index in [0.717, 1.165) is 31.0 Å². The van der Waals surface area contributed by atoms with Crippen LogP contribution in [0.3, 0.4) is 0 Å². The molecule has 1 rings (SSSR count). The number of nitrogens with one attached hydrogen (secondary N) is 2. The molecule has 7 heteroatoms. The lowest BCUT2D eigenvalue weighted by atomic mass is 10.3. The summed E-state index contributed by atoms with van der Waals surface area (Å²) in [6.07, 6.45) is 2.06. The van der Waals surface area contributed by atoms with Crippen molar-refractivity contribution in [2.75, 3.05) is 27.3 Å². The molecule has 1 unspecified atom stereocenters. The number of hydrogen-bond donors (Lipinski definition) is 2. The molecule has 0 saturated heterocycles. The SMILES string of the molecule is CN=C(NCCCc1nc(C)cs1)NC(C)COC.I. The summed E-state index contributed by atoms with van der Waals surface area (Å²) in [5, 5.41) is 9.86. The zero-order chi connectivity index (χ0) is 14.1. The summed E-state index contributed by atoms with van der Waals surface area (Å²) in [7, 11) is 3.48. The first kappa shape index (κ1) is 19.6. The Morgan fingerprint density at radius 3 is 2.85 bits per heavy atom. The van der Waals surface area contributed by atoms with Gasteiger partial charge in [0.15, 0.2) is 5.96 Å². The van der Waals surface area contributed by atoms with Gasteiger partial charge in [-0.3, -0.25) is 4.99 Å². The quantitative estimate of drug-likeness (QED) is 0.312. The minimum atomic E-state index is 0. The van der Waals surface area contributed by atoms with E-state index in [-0.39, 0.29) is 30.0 Å². The summed E-state index contributed by atoms with van der Waals surface area (Å²) in [5.41, 5.74) is 1.11. The van der Waals surface area contributed by atoms with Crippen LogP contribution in [0, 0.1) is 6.92 Å². The zero-order valence-electron chi connectivity index (χ0n) is 12.6. The molecule has 0 aromatic carbocycles. The van der Waals surface area contributed by atoms with E-state index < -0.39 is 0 Å². The number of aryl methyl sites for hydroxylation is 2. The van der Waals surface area contributed by atoms with Crippen molar-refractivity contribution in [1.82, 2.24) is 15.6 Å². The highest BCUT2D eigenvalue weighted by Crippen LogP contribution is 2.10. The number of guanidine groups is 1. The van der Waals surface area contributed by atoms with Gasteiger partial charge in [-0.05, 0) is 20.3 Å². The van der Waals surface area contributed by atoms with Crippen molar-refractivity contribution in [3.05, 3.63) is 16.1 Å². The van der Waals surface area contributed by atoms with Gasteiger partial charge in [0.05, 0.1) is 11.6 Å². The van der Waals surface area contributed by atoms with Crippen LogP contribution in [0.5, 0.6) is 0 Å². The minimum Gasteiger partial charge on any atom is -0.383 e. The number of methoxy groups -OCH3 is 1. The molecule has 1 atom stereocenters. The number of ether oxygens (including phenoxy) is 1. The summed E-state index contributed by atoms with van der Waals surface area (Å²) in [4.78, 5) is 8.63. The molecule has 0 amide bonds. The number of hydrogen-bond acceptors (Lipinski definition) is 4. The number of aromatic nitrogens is 1. The van der Waals surface area contributed by atoms with Gasteiger partial charge in [-0.25, -0.2) is 4.98 Å². The summed E-state index contributed by atoms with van der Waals surface area (Å²) in [6, 6.07) is 0.248. The first-order valence-corrected chi connectivity index (χ1v) is 7.40. The molecule has 0 radical (unpaired) electrons. The molecule has 0 aliphatic carbocycles. The van der Waals surface area contributed by atoms with E-state index in [9.17, 15) is 0 Å². The average molecular weight is 412 g/mol. The fourth-order valence-electron chi connectivity index (χ4n) is 1.68. The van der Waals surface area contributed by atoms with Gasteiger partial charge in [-0.2, -0.15) is 0 Å². The summed E-state index contributed by atoms with van der Waals surface area (Å²) in [5.74, 6) is 0.819. The third-order valence-corrected chi connectivity index (χ3v) is 3.58. The Bertz CT molecular complexity index is 397. The zero-order valence-corrected chi connectivity index (χ0v) is 15.7. The van der Waals surface area contributed by atoms with E-state index in [0.29, 0.717) is 6.61 Å². The first-order chi connectivity index (χ1) is 9.15. The van der Waals surface area contributed by atoms with Gasteiger partial charge >= 0.3 is 0 Å². The second-order valence-corrected chi connectivity index (χ2v) is 5.43. The lowest BCUT2D eigenvalue weighted by Crippen LogP contribution is -2.44. The van der Waals surface area contributed by atoms with Crippen LogP contribution in [0.1, 0.15) is 24.0 Å². The fourth-order valence-corrected chi connectivity index (χ4v) is 2.50. The maximum Gasteiger partial charge on any atom is 0.191 e. The van der Waals surface area contributed by atoms with Gasteiger partial charge in [-0.1, -0.05) is 0 Å². The molecular formula is C13H25IN4OS. The Hall–Kier alpha value is -0.410.